The number of nitrogens with zero attached hydrogens (tertiary/aromatic N) is 2. The topological polar surface area (TPSA) is 69.7 Å². The SMILES string of the molecule is CC(=O)N1CCN(C(=O)C(=O)Nc2ccc(C)cc2)CC1. The van der Waals surface area contributed by atoms with E-state index < -0.39 is 11.8 Å². The van der Waals surface area contributed by atoms with Gasteiger partial charge in [-0.15, -0.1) is 0 Å². The summed E-state index contributed by atoms with van der Waals surface area (Å²) in [4.78, 5) is 38.4. The predicted octanol–water partition coefficient (Wildman–Crippen LogP) is 0.624. The van der Waals surface area contributed by atoms with Crippen molar-refractivity contribution in [3.63, 3.8) is 0 Å². The average Bonchev–Trinajstić information content (AvgIpc) is 2.49. The highest BCUT2D eigenvalue weighted by Gasteiger charge is 2.26. The van der Waals surface area contributed by atoms with Crippen LogP contribution in [0.3, 0.4) is 0 Å². The summed E-state index contributed by atoms with van der Waals surface area (Å²) in [7, 11) is 0. The van der Waals surface area contributed by atoms with E-state index in [4.69, 9.17) is 0 Å². The molecule has 1 aromatic rings. The van der Waals surface area contributed by atoms with Crippen LogP contribution in [0.15, 0.2) is 24.3 Å². The van der Waals surface area contributed by atoms with Crippen LogP contribution >= 0.6 is 0 Å². The highest BCUT2D eigenvalue weighted by molar-refractivity contribution is 6.39. The van der Waals surface area contributed by atoms with Gasteiger partial charge < -0.3 is 15.1 Å². The van der Waals surface area contributed by atoms with Crippen LogP contribution in [0.1, 0.15) is 12.5 Å². The van der Waals surface area contributed by atoms with Crippen molar-refractivity contribution in [2.45, 2.75) is 13.8 Å². The van der Waals surface area contributed by atoms with Crippen LogP contribution in [0, 0.1) is 6.92 Å². The third-order valence-corrected chi connectivity index (χ3v) is 3.52. The molecule has 1 N–H and O–H groups in total. The monoisotopic (exact) mass is 289 g/mol. The average molecular weight is 289 g/mol. The number of anilines is 1. The molecule has 6 nitrogen and oxygen atoms in total. The molecule has 21 heavy (non-hydrogen) atoms. The number of carbonyl (C=O) groups excluding carboxylic acids is 3. The smallest absolute Gasteiger partial charge is 0.313 e. The van der Waals surface area contributed by atoms with Crippen molar-refractivity contribution in [2.24, 2.45) is 0 Å². The van der Waals surface area contributed by atoms with Crippen molar-refractivity contribution in [3.05, 3.63) is 29.8 Å². The Labute approximate surface area is 123 Å². The first kappa shape index (κ1) is 15.0. The highest BCUT2D eigenvalue weighted by atomic mass is 16.2. The Morgan fingerprint density at radius 3 is 2.00 bits per heavy atom. The van der Waals surface area contributed by atoms with Gasteiger partial charge in [0.15, 0.2) is 0 Å². The zero-order chi connectivity index (χ0) is 15.4. The first-order valence-corrected chi connectivity index (χ1v) is 6.90. The largest absolute Gasteiger partial charge is 0.339 e. The van der Waals surface area contributed by atoms with Crippen LogP contribution in [0.5, 0.6) is 0 Å². The second-order valence-corrected chi connectivity index (χ2v) is 5.12. The maximum atomic E-state index is 12.1. The number of hydrogen-bond donors (Lipinski definition) is 1. The quantitative estimate of drug-likeness (QED) is 0.771. The minimum atomic E-state index is -0.643. The van der Waals surface area contributed by atoms with E-state index in [0.29, 0.717) is 31.9 Å². The molecule has 0 spiro atoms. The molecule has 1 saturated heterocycles. The number of rotatable bonds is 1. The van der Waals surface area contributed by atoms with E-state index in [1.807, 2.05) is 19.1 Å². The van der Waals surface area contributed by atoms with Crippen molar-refractivity contribution >= 4 is 23.4 Å². The van der Waals surface area contributed by atoms with Crippen LogP contribution in [0.2, 0.25) is 0 Å². The van der Waals surface area contributed by atoms with Crippen molar-refractivity contribution in [1.82, 2.24) is 9.80 Å². The summed E-state index contributed by atoms with van der Waals surface area (Å²) < 4.78 is 0. The van der Waals surface area contributed by atoms with Gasteiger partial charge >= 0.3 is 11.8 Å². The standard InChI is InChI=1S/C15H19N3O3/c1-11-3-5-13(6-4-11)16-14(20)15(21)18-9-7-17(8-10-18)12(2)19/h3-6H,7-10H2,1-2H3,(H,16,20). The van der Waals surface area contributed by atoms with E-state index >= 15 is 0 Å². The van der Waals surface area contributed by atoms with E-state index in [-0.39, 0.29) is 5.91 Å². The molecule has 1 heterocycles. The summed E-state index contributed by atoms with van der Waals surface area (Å²) in [6.45, 7) is 5.17. The number of aryl methyl sites for hydroxylation is 1. The highest BCUT2D eigenvalue weighted by Crippen LogP contribution is 2.09. The number of piperazine rings is 1. The molecule has 0 unspecified atom stereocenters. The summed E-state index contributed by atoms with van der Waals surface area (Å²) in [5.74, 6) is -1.21. The molecule has 0 radical (unpaired) electrons. The Bertz CT molecular complexity index is 546. The molecule has 0 bridgehead atoms. The fourth-order valence-corrected chi connectivity index (χ4v) is 2.19. The van der Waals surface area contributed by atoms with Crippen LogP contribution in [-0.4, -0.2) is 53.7 Å². The fourth-order valence-electron chi connectivity index (χ4n) is 2.19. The molecule has 0 saturated carbocycles. The Balaban J connectivity index is 1.90. The number of amides is 3. The van der Waals surface area contributed by atoms with Crippen LogP contribution < -0.4 is 5.32 Å². The van der Waals surface area contributed by atoms with E-state index in [2.05, 4.69) is 5.32 Å². The Kier molecular flexibility index (Phi) is 4.57. The summed E-state index contributed by atoms with van der Waals surface area (Å²) >= 11 is 0. The van der Waals surface area contributed by atoms with Crippen molar-refractivity contribution in [2.75, 3.05) is 31.5 Å². The number of nitrogens with one attached hydrogen (secondary N) is 1. The minimum absolute atomic E-state index is 0.00814. The van der Waals surface area contributed by atoms with Crippen LogP contribution in [0.25, 0.3) is 0 Å². The lowest BCUT2D eigenvalue weighted by molar-refractivity contribution is -0.145. The number of benzene rings is 1. The first-order chi connectivity index (χ1) is 9.97. The van der Waals surface area contributed by atoms with E-state index in [9.17, 15) is 14.4 Å². The second kappa shape index (κ2) is 6.39. The van der Waals surface area contributed by atoms with Gasteiger partial charge in [-0.2, -0.15) is 0 Å². The Morgan fingerprint density at radius 2 is 1.48 bits per heavy atom. The Hall–Kier alpha value is -2.37. The molecule has 0 atom stereocenters. The third kappa shape index (κ3) is 3.81. The Morgan fingerprint density at radius 1 is 0.952 bits per heavy atom. The molecule has 1 aliphatic heterocycles. The molecular weight excluding hydrogens is 270 g/mol. The number of carbonyl (C=O) groups is 3. The van der Waals surface area contributed by atoms with Gasteiger partial charge in [-0.1, -0.05) is 17.7 Å². The molecule has 6 heteroatoms. The lowest BCUT2D eigenvalue weighted by Crippen LogP contribution is -2.52. The van der Waals surface area contributed by atoms with Crippen molar-refractivity contribution < 1.29 is 14.4 Å². The maximum absolute atomic E-state index is 12.1. The molecule has 0 aromatic heterocycles. The normalized spacial score (nSPS) is 14.8. The van der Waals surface area contributed by atoms with Gasteiger partial charge in [0, 0.05) is 38.8 Å². The predicted molar refractivity (Wildman–Crippen MR) is 78.6 cm³/mol. The van der Waals surface area contributed by atoms with Gasteiger partial charge in [0.25, 0.3) is 0 Å². The molecule has 1 fully saturated rings. The van der Waals surface area contributed by atoms with Gasteiger partial charge in [-0.3, -0.25) is 14.4 Å². The van der Waals surface area contributed by atoms with Gasteiger partial charge in [-0.05, 0) is 19.1 Å². The summed E-state index contributed by atoms with van der Waals surface area (Å²) in [5, 5.41) is 2.59. The maximum Gasteiger partial charge on any atom is 0.313 e. The molecule has 1 aliphatic rings. The summed E-state index contributed by atoms with van der Waals surface area (Å²) in [6, 6.07) is 7.25. The lowest BCUT2D eigenvalue weighted by Gasteiger charge is -2.33. The molecule has 1 aromatic carbocycles. The second-order valence-electron chi connectivity index (χ2n) is 5.12. The van der Waals surface area contributed by atoms with Gasteiger partial charge in [-0.25, -0.2) is 0 Å². The number of hydrogen-bond acceptors (Lipinski definition) is 3. The first-order valence-electron chi connectivity index (χ1n) is 6.90. The molecule has 2 rings (SSSR count). The van der Waals surface area contributed by atoms with Crippen molar-refractivity contribution in [1.29, 1.82) is 0 Å². The summed E-state index contributed by atoms with van der Waals surface area (Å²) in [6.07, 6.45) is 0. The minimum Gasteiger partial charge on any atom is -0.339 e. The third-order valence-electron chi connectivity index (χ3n) is 3.52. The molecular formula is C15H19N3O3. The zero-order valence-corrected chi connectivity index (χ0v) is 12.3. The van der Waals surface area contributed by atoms with E-state index in [1.165, 1.54) is 11.8 Å². The lowest BCUT2D eigenvalue weighted by atomic mass is 10.2. The van der Waals surface area contributed by atoms with E-state index in [0.717, 1.165) is 5.56 Å². The summed E-state index contributed by atoms with van der Waals surface area (Å²) in [5.41, 5.74) is 1.68. The zero-order valence-electron chi connectivity index (χ0n) is 12.3. The molecule has 0 aliphatic carbocycles. The van der Waals surface area contributed by atoms with Crippen LogP contribution in [0.4, 0.5) is 5.69 Å². The van der Waals surface area contributed by atoms with Gasteiger partial charge in [0.1, 0.15) is 0 Å². The van der Waals surface area contributed by atoms with Gasteiger partial charge in [0.2, 0.25) is 5.91 Å². The van der Waals surface area contributed by atoms with E-state index in [1.54, 1.807) is 17.0 Å². The molecule has 112 valence electrons. The van der Waals surface area contributed by atoms with Gasteiger partial charge in [0.05, 0.1) is 0 Å². The molecule has 3 amide bonds. The fraction of sp³-hybridized carbons (Fsp3) is 0.400. The van der Waals surface area contributed by atoms with Crippen molar-refractivity contribution in [3.8, 4) is 0 Å². The van der Waals surface area contributed by atoms with Crippen LogP contribution in [-0.2, 0) is 14.4 Å².